The Balaban J connectivity index is 1.07. The van der Waals surface area contributed by atoms with Crippen molar-refractivity contribution >= 4 is 46.5 Å². The van der Waals surface area contributed by atoms with E-state index in [1.54, 1.807) is 23.6 Å². The number of anilines is 2. The highest BCUT2D eigenvalue weighted by Gasteiger charge is 2.44. The van der Waals surface area contributed by atoms with E-state index in [1.807, 2.05) is 80.4 Å². The van der Waals surface area contributed by atoms with Crippen molar-refractivity contribution in [1.82, 2.24) is 35.3 Å². The van der Waals surface area contributed by atoms with E-state index in [9.17, 15) is 24.3 Å². The average molecular weight is 748 g/mol. The fourth-order valence-electron chi connectivity index (χ4n) is 6.66. The highest BCUT2D eigenvalue weighted by atomic mass is 32.1. The molecule has 2 saturated heterocycles. The standard InChI is InChI=1S/C38H53N9O5S/c1-25-34(53-24-42-25)27-8-6-26(7-9-27)21-41-36(51)30-20-29(48)23-47(30)37(52)35(38(2,3)4)43-32(49)12-14-44(5)15-13-33(50)46-18-16-45(17-19-46)28-10-11-31(39)40-22-28/h6-11,22,24,29-30,35,48H,12-21,23H2,1-5H3,(H2,39,40)(H,41,51)(H,43,49)/t29?,30-,35+/m0/s1. The van der Waals surface area contributed by atoms with Gasteiger partial charge in [0, 0.05) is 71.6 Å². The van der Waals surface area contributed by atoms with Crippen molar-refractivity contribution in [1.29, 1.82) is 0 Å². The van der Waals surface area contributed by atoms with Crippen molar-refractivity contribution in [2.45, 2.75) is 71.7 Å². The van der Waals surface area contributed by atoms with Crippen LogP contribution in [0.5, 0.6) is 0 Å². The Labute approximate surface area is 315 Å². The third-order valence-electron chi connectivity index (χ3n) is 9.91. The number of pyridine rings is 1. The summed E-state index contributed by atoms with van der Waals surface area (Å²) in [4.78, 5) is 70.5. The van der Waals surface area contributed by atoms with Crippen molar-refractivity contribution in [2.24, 2.45) is 5.41 Å². The Morgan fingerprint density at radius 1 is 1.02 bits per heavy atom. The average Bonchev–Trinajstić information content (AvgIpc) is 3.76. The molecule has 0 spiro atoms. The molecule has 2 aromatic heterocycles. The van der Waals surface area contributed by atoms with Gasteiger partial charge in [0.25, 0.3) is 0 Å². The quantitative estimate of drug-likeness (QED) is 0.203. The molecule has 53 heavy (non-hydrogen) atoms. The zero-order valence-corrected chi connectivity index (χ0v) is 32.2. The van der Waals surface area contributed by atoms with Crippen LogP contribution < -0.4 is 21.3 Å². The van der Waals surface area contributed by atoms with Crippen LogP contribution in [-0.2, 0) is 25.7 Å². The van der Waals surface area contributed by atoms with E-state index in [2.05, 4.69) is 25.5 Å². The van der Waals surface area contributed by atoms with Crippen LogP contribution in [0.15, 0.2) is 48.1 Å². The Morgan fingerprint density at radius 2 is 1.72 bits per heavy atom. The predicted octanol–water partition coefficient (Wildman–Crippen LogP) is 2.27. The number of thiazole rings is 1. The minimum Gasteiger partial charge on any atom is -0.391 e. The van der Waals surface area contributed by atoms with Gasteiger partial charge in [0.15, 0.2) is 0 Å². The van der Waals surface area contributed by atoms with Gasteiger partial charge in [-0.3, -0.25) is 19.2 Å². The van der Waals surface area contributed by atoms with E-state index in [0.29, 0.717) is 51.5 Å². The number of nitrogens with two attached hydrogens (primary N) is 1. The fraction of sp³-hybridized carbons (Fsp3) is 0.526. The zero-order valence-electron chi connectivity index (χ0n) is 31.4. The molecule has 5 N–H and O–H groups in total. The second-order valence-corrected chi connectivity index (χ2v) is 15.9. The van der Waals surface area contributed by atoms with Crippen molar-refractivity contribution in [2.75, 3.05) is 63.5 Å². The molecule has 4 amide bonds. The third kappa shape index (κ3) is 10.5. The normalized spacial score (nSPS) is 18.3. The van der Waals surface area contributed by atoms with E-state index < -0.39 is 29.5 Å². The Kier molecular flexibility index (Phi) is 13.1. The summed E-state index contributed by atoms with van der Waals surface area (Å²) in [5, 5.41) is 16.4. The zero-order chi connectivity index (χ0) is 38.3. The van der Waals surface area contributed by atoms with E-state index in [1.165, 1.54) is 4.90 Å². The lowest BCUT2D eigenvalue weighted by Gasteiger charge is -2.36. The molecule has 14 nitrogen and oxygen atoms in total. The summed E-state index contributed by atoms with van der Waals surface area (Å²) in [5.74, 6) is -0.517. The van der Waals surface area contributed by atoms with Gasteiger partial charge in [-0.05, 0) is 42.6 Å². The van der Waals surface area contributed by atoms with E-state index in [-0.39, 0.29) is 43.7 Å². The van der Waals surface area contributed by atoms with Gasteiger partial charge in [0.05, 0.1) is 34.1 Å². The summed E-state index contributed by atoms with van der Waals surface area (Å²) in [7, 11) is 1.87. The van der Waals surface area contributed by atoms with Crippen LogP contribution >= 0.6 is 11.3 Å². The highest BCUT2D eigenvalue weighted by Crippen LogP contribution is 2.28. The molecule has 286 valence electrons. The largest absolute Gasteiger partial charge is 0.391 e. The molecule has 0 bridgehead atoms. The summed E-state index contributed by atoms with van der Waals surface area (Å²) in [5.41, 5.74) is 10.8. The number of aromatic nitrogens is 2. The van der Waals surface area contributed by atoms with Crippen molar-refractivity contribution in [3.05, 3.63) is 59.4 Å². The topological polar surface area (TPSA) is 177 Å². The molecule has 1 aromatic carbocycles. The van der Waals surface area contributed by atoms with E-state index in [4.69, 9.17) is 5.73 Å². The van der Waals surface area contributed by atoms with Gasteiger partial charge in [-0.1, -0.05) is 45.0 Å². The van der Waals surface area contributed by atoms with Gasteiger partial charge in [-0.15, -0.1) is 11.3 Å². The number of nitrogens with one attached hydrogen (secondary N) is 2. The number of aliphatic hydroxyl groups is 1. The van der Waals surface area contributed by atoms with Crippen LogP contribution in [0.2, 0.25) is 0 Å². The molecule has 0 aliphatic carbocycles. The number of nitrogen functional groups attached to an aromatic ring is 1. The first-order valence-corrected chi connectivity index (χ1v) is 19.1. The monoisotopic (exact) mass is 747 g/mol. The molecule has 0 radical (unpaired) electrons. The molecule has 3 aromatic rings. The number of carbonyl (C=O) groups is 4. The molecule has 2 aliphatic rings. The molecular weight excluding hydrogens is 695 g/mol. The van der Waals surface area contributed by atoms with Crippen LogP contribution in [0, 0.1) is 12.3 Å². The summed E-state index contributed by atoms with van der Waals surface area (Å²) < 4.78 is 0. The van der Waals surface area contributed by atoms with Crippen LogP contribution in [0.25, 0.3) is 10.4 Å². The van der Waals surface area contributed by atoms with Crippen molar-refractivity contribution in [3.63, 3.8) is 0 Å². The fourth-order valence-corrected chi connectivity index (χ4v) is 7.47. The molecule has 4 heterocycles. The number of β-amino-alcohol motifs (C(OH)–C–C–N with tert-alkyl or cyclic N) is 1. The van der Waals surface area contributed by atoms with Gasteiger partial charge >= 0.3 is 0 Å². The molecule has 3 atom stereocenters. The minimum absolute atomic E-state index is 0.00662. The van der Waals surface area contributed by atoms with Crippen LogP contribution in [0.3, 0.4) is 0 Å². The second kappa shape index (κ2) is 17.5. The first kappa shape index (κ1) is 39.6. The Bertz CT molecular complexity index is 1720. The number of amides is 4. The maximum Gasteiger partial charge on any atom is 0.246 e. The summed E-state index contributed by atoms with van der Waals surface area (Å²) >= 11 is 1.58. The lowest BCUT2D eigenvalue weighted by molar-refractivity contribution is -0.144. The van der Waals surface area contributed by atoms with Crippen molar-refractivity contribution in [3.8, 4) is 10.4 Å². The summed E-state index contributed by atoms with van der Waals surface area (Å²) in [6.45, 7) is 11.4. The molecule has 2 aliphatic heterocycles. The summed E-state index contributed by atoms with van der Waals surface area (Å²) in [6.07, 6.45) is 1.48. The Morgan fingerprint density at radius 3 is 2.34 bits per heavy atom. The molecule has 15 heteroatoms. The first-order valence-electron chi connectivity index (χ1n) is 18.2. The molecular formula is C38H53N9O5S. The molecule has 2 fully saturated rings. The predicted molar refractivity (Wildman–Crippen MR) is 206 cm³/mol. The first-order chi connectivity index (χ1) is 25.2. The highest BCUT2D eigenvalue weighted by molar-refractivity contribution is 7.13. The number of likely N-dealkylation sites (tertiary alicyclic amines) is 1. The van der Waals surface area contributed by atoms with Gasteiger partial charge in [0.1, 0.15) is 17.9 Å². The lowest BCUT2D eigenvalue weighted by atomic mass is 9.85. The van der Waals surface area contributed by atoms with Crippen LogP contribution in [-0.4, -0.2) is 124 Å². The number of carbonyl (C=O) groups excluding carboxylic acids is 4. The maximum atomic E-state index is 14.0. The van der Waals surface area contributed by atoms with Crippen LogP contribution in [0.4, 0.5) is 11.5 Å². The number of aliphatic hydroxyl groups excluding tert-OH is 1. The van der Waals surface area contributed by atoms with Gasteiger partial charge in [0.2, 0.25) is 23.6 Å². The van der Waals surface area contributed by atoms with Crippen molar-refractivity contribution < 1.29 is 24.3 Å². The molecule has 0 saturated carbocycles. The second-order valence-electron chi connectivity index (χ2n) is 15.1. The number of nitrogens with zero attached hydrogens (tertiary/aromatic N) is 6. The SMILES string of the molecule is Cc1ncsc1-c1ccc(CNC(=O)[C@@H]2CC(O)CN2C(=O)[C@@H](NC(=O)CCN(C)CCC(=O)N2CCN(c3ccc(N)nc3)CC2)C(C)(C)C)cc1. The van der Waals surface area contributed by atoms with Gasteiger partial charge in [-0.25, -0.2) is 9.97 Å². The third-order valence-corrected chi connectivity index (χ3v) is 10.9. The van der Waals surface area contributed by atoms with Gasteiger partial charge < -0.3 is 41.1 Å². The van der Waals surface area contributed by atoms with E-state index in [0.717, 1.165) is 27.4 Å². The lowest BCUT2D eigenvalue weighted by Crippen LogP contribution is -2.57. The summed E-state index contributed by atoms with van der Waals surface area (Å²) in [6, 6.07) is 9.83. The molecule has 1 unspecified atom stereocenters. The maximum absolute atomic E-state index is 14.0. The van der Waals surface area contributed by atoms with Crippen LogP contribution in [0.1, 0.15) is 51.3 Å². The number of piperazine rings is 1. The number of benzene rings is 1. The Hall–Kier alpha value is -4.60. The number of rotatable bonds is 13. The minimum atomic E-state index is -0.909. The molecule has 5 rings (SSSR count). The number of hydrogen-bond acceptors (Lipinski definition) is 11. The number of aryl methyl sites for hydroxylation is 1. The number of hydrogen-bond donors (Lipinski definition) is 4. The van der Waals surface area contributed by atoms with Gasteiger partial charge in [-0.2, -0.15) is 0 Å². The van der Waals surface area contributed by atoms with E-state index >= 15 is 0 Å². The smallest absolute Gasteiger partial charge is 0.246 e.